The maximum Gasteiger partial charge on any atom is 0.272 e. The molecule has 9 nitrogen and oxygen atoms in total. The molecule has 2 N–H and O–H groups in total. The zero-order chi connectivity index (χ0) is 18.7. The van der Waals surface area contributed by atoms with Gasteiger partial charge in [0.1, 0.15) is 11.7 Å². The molecule has 26 heavy (non-hydrogen) atoms. The second-order valence-electron chi connectivity index (χ2n) is 6.85. The highest BCUT2D eigenvalue weighted by Gasteiger charge is 2.43. The van der Waals surface area contributed by atoms with E-state index in [-0.39, 0.29) is 24.3 Å². The Morgan fingerprint density at radius 1 is 1.42 bits per heavy atom. The number of nitrogens with one attached hydrogen (secondary N) is 2. The highest BCUT2D eigenvalue weighted by Crippen LogP contribution is 2.25. The third-order valence-electron chi connectivity index (χ3n) is 4.95. The first-order valence-electron chi connectivity index (χ1n) is 8.92. The summed E-state index contributed by atoms with van der Waals surface area (Å²) in [7, 11) is 0. The summed E-state index contributed by atoms with van der Waals surface area (Å²) in [5.41, 5.74) is -0.0550. The van der Waals surface area contributed by atoms with Crippen molar-refractivity contribution in [2.45, 2.75) is 44.8 Å². The average Bonchev–Trinajstić information content (AvgIpc) is 3.04. The summed E-state index contributed by atoms with van der Waals surface area (Å²) in [5.74, 6) is -0.762. The van der Waals surface area contributed by atoms with Gasteiger partial charge >= 0.3 is 0 Å². The lowest BCUT2D eigenvalue weighted by Gasteiger charge is -2.39. The number of rotatable bonds is 3. The van der Waals surface area contributed by atoms with Gasteiger partial charge in [-0.15, -0.1) is 0 Å². The van der Waals surface area contributed by atoms with Gasteiger partial charge in [0.2, 0.25) is 11.8 Å². The lowest BCUT2D eigenvalue weighted by atomic mass is 9.89. The van der Waals surface area contributed by atoms with Crippen molar-refractivity contribution in [1.82, 2.24) is 25.3 Å². The molecule has 2 aliphatic heterocycles. The quantitative estimate of drug-likeness (QED) is 0.755. The Bertz CT molecular complexity index is 695. The molecule has 2 saturated heterocycles. The molecule has 0 bridgehead atoms. The topological polar surface area (TPSA) is 106 Å². The first-order chi connectivity index (χ1) is 12.4. The minimum atomic E-state index is -0.781. The minimum Gasteiger partial charge on any atom is -0.381 e. The van der Waals surface area contributed by atoms with Crippen LogP contribution in [-0.2, 0) is 20.9 Å². The Balaban J connectivity index is 1.91. The van der Waals surface area contributed by atoms with E-state index in [1.165, 1.54) is 6.92 Å². The third-order valence-corrected chi connectivity index (χ3v) is 4.95. The van der Waals surface area contributed by atoms with Crippen LogP contribution in [0, 0.1) is 0 Å². The highest BCUT2D eigenvalue weighted by molar-refractivity contribution is 5.94. The first kappa shape index (κ1) is 18.4. The monoisotopic (exact) mass is 363 g/mol. The largest absolute Gasteiger partial charge is 0.381 e. The average molecular weight is 363 g/mol. The van der Waals surface area contributed by atoms with Gasteiger partial charge in [0.25, 0.3) is 5.91 Å². The van der Waals surface area contributed by atoms with Gasteiger partial charge in [-0.25, -0.2) is 0 Å². The lowest BCUT2D eigenvalue weighted by Crippen LogP contribution is -2.58. The Kier molecular flexibility index (Phi) is 5.26. The summed E-state index contributed by atoms with van der Waals surface area (Å²) in [5, 5.41) is 9.87. The molecule has 2 aliphatic rings. The third kappa shape index (κ3) is 3.72. The summed E-state index contributed by atoms with van der Waals surface area (Å²) in [6, 6.07) is 0.896. The van der Waals surface area contributed by atoms with E-state index in [1.54, 1.807) is 21.8 Å². The van der Waals surface area contributed by atoms with Gasteiger partial charge in [-0.3, -0.25) is 19.1 Å². The second kappa shape index (κ2) is 7.45. The van der Waals surface area contributed by atoms with E-state index in [0.29, 0.717) is 44.8 Å². The summed E-state index contributed by atoms with van der Waals surface area (Å²) in [6.07, 6.45) is 2.85. The summed E-state index contributed by atoms with van der Waals surface area (Å²) >= 11 is 0. The number of carbonyl (C=O) groups is 3. The molecule has 9 heteroatoms. The molecule has 1 spiro atoms. The fourth-order valence-corrected chi connectivity index (χ4v) is 3.61. The van der Waals surface area contributed by atoms with Gasteiger partial charge in [0.05, 0.1) is 12.1 Å². The number of amides is 3. The summed E-state index contributed by atoms with van der Waals surface area (Å²) < 4.78 is 7.06. The van der Waals surface area contributed by atoms with Crippen molar-refractivity contribution in [3.05, 3.63) is 18.0 Å². The Morgan fingerprint density at radius 2 is 2.15 bits per heavy atom. The molecular weight excluding hydrogens is 338 g/mol. The molecule has 142 valence electrons. The zero-order valence-electron chi connectivity index (χ0n) is 15.2. The zero-order valence-corrected chi connectivity index (χ0v) is 15.2. The normalized spacial score (nSPS) is 22.6. The van der Waals surface area contributed by atoms with E-state index < -0.39 is 11.6 Å². The van der Waals surface area contributed by atoms with E-state index in [4.69, 9.17) is 4.74 Å². The number of aromatic nitrogens is 2. The van der Waals surface area contributed by atoms with Crippen LogP contribution in [0.25, 0.3) is 0 Å². The number of hydrogen-bond donors (Lipinski definition) is 2. The smallest absolute Gasteiger partial charge is 0.272 e. The molecule has 3 amide bonds. The van der Waals surface area contributed by atoms with E-state index >= 15 is 0 Å². The number of aryl methyl sites for hydroxylation is 1. The molecule has 3 rings (SSSR count). The molecule has 1 atom stereocenters. The molecular formula is C17H25N5O4. The van der Waals surface area contributed by atoms with Crippen molar-refractivity contribution in [3.8, 4) is 0 Å². The van der Waals surface area contributed by atoms with Crippen molar-refractivity contribution in [1.29, 1.82) is 0 Å². The summed E-state index contributed by atoms with van der Waals surface area (Å²) in [4.78, 5) is 39.0. The Hall–Kier alpha value is -2.42. The number of carbonyl (C=O) groups excluding carboxylic acids is 3. The molecule has 0 aliphatic carbocycles. The molecule has 0 saturated carbocycles. The summed E-state index contributed by atoms with van der Waals surface area (Å²) in [6.45, 7) is 5.42. The lowest BCUT2D eigenvalue weighted by molar-refractivity contribution is -0.129. The van der Waals surface area contributed by atoms with Crippen LogP contribution in [0.2, 0.25) is 0 Å². The van der Waals surface area contributed by atoms with Crippen molar-refractivity contribution >= 4 is 17.7 Å². The fourth-order valence-electron chi connectivity index (χ4n) is 3.61. The molecule has 1 aromatic rings. The van der Waals surface area contributed by atoms with Gasteiger partial charge in [-0.1, -0.05) is 0 Å². The van der Waals surface area contributed by atoms with Crippen LogP contribution < -0.4 is 10.6 Å². The molecule has 2 fully saturated rings. The van der Waals surface area contributed by atoms with Gasteiger partial charge in [-0.2, -0.15) is 5.10 Å². The van der Waals surface area contributed by atoms with Crippen molar-refractivity contribution in [3.63, 3.8) is 0 Å². The van der Waals surface area contributed by atoms with Crippen LogP contribution in [0.15, 0.2) is 12.3 Å². The van der Waals surface area contributed by atoms with Gasteiger partial charge in [0, 0.05) is 39.4 Å². The molecule has 3 heterocycles. The fraction of sp³-hybridized carbons (Fsp3) is 0.647. The Labute approximate surface area is 152 Å². The van der Waals surface area contributed by atoms with Crippen LogP contribution in [0.4, 0.5) is 0 Å². The maximum atomic E-state index is 13.1. The van der Waals surface area contributed by atoms with Crippen LogP contribution in [0.3, 0.4) is 0 Å². The number of ether oxygens (including phenoxy) is 1. The standard InChI is InChI=1S/C17H25N5O4/c1-3-22-14(4-7-18-22)16(25)21-10-13(19-12(2)23)15(24)20-17(11-21)5-8-26-9-6-17/h4,7,13H,3,5-6,8-11H2,1-2H3,(H,19,23)(H,20,24). The SMILES string of the molecule is CCn1nccc1C(=O)N1CC(NC(C)=O)C(=O)NC2(CCOCC2)C1. The van der Waals surface area contributed by atoms with Gasteiger partial charge in [0.15, 0.2) is 0 Å². The first-order valence-corrected chi connectivity index (χ1v) is 8.92. The molecule has 1 aromatic heterocycles. The molecule has 0 aromatic carbocycles. The predicted octanol–water partition coefficient (Wildman–Crippen LogP) is -0.471. The predicted molar refractivity (Wildman–Crippen MR) is 92.3 cm³/mol. The maximum absolute atomic E-state index is 13.1. The van der Waals surface area contributed by atoms with Crippen molar-refractivity contribution < 1.29 is 19.1 Å². The van der Waals surface area contributed by atoms with E-state index in [9.17, 15) is 14.4 Å². The Morgan fingerprint density at radius 3 is 2.81 bits per heavy atom. The van der Waals surface area contributed by atoms with Crippen molar-refractivity contribution in [2.24, 2.45) is 0 Å². The number of nitrogens with zero attached hydrogens (tertiary/aromatic N) is 3. The van der Waals surface area contributed by atoms with Crippen LogP contribution in [0.1, 0.15) is 37.2 Å². The van der Waals surface area contributed by atoms with E-state index in [2.05, 4.69) is 15.7 Å². The van der Waals surface area contributed by atoms with Gasteiger partial charge < -0.3 is 20.3 Å². The molecule has 1 unspecified atom stereocenters. The van der Waals surface area contributed by atoms with Crippen LogP contribution >= 0.6 is 0 Å². The van der Waals surface area contributed by atoms with Crippen molar-refractivity contribution in [2.75, 3.05) is 26.3 Å². The number of hydrogen-bond acceptors (Lipinski definition) is 5. The van der Waals surface area contributed by atoms with Crippen LogP contribution in [0.5, 0.6) is 0 Å². The van der Waals surface area contributed by atoms with E-state index in [1.807, 2.05) is 6.92 Å². The van der Waals surface area contributed by atoms with Gasteiger partial charge in [-0.05, 0) is 25.8 Å². The van der Waals surface area contributed by atoms with E-state index in [0.717, 1.165) is 0 Å². The minimum absolute atomic E-state index is 0.127. The second-order valence-corrected chi connectivity index (χ2v) is 6.85. The molecule has 0 radical (unpaired) electrons. The van der Waals surface area contributed by atoms with Crippen LogP contribution in [-0.4, -0.2) is 70.3 Å². The highest BCUT2D eigenvalue weighted by atomic mass is 16.5.